The Morgan fingerprint density at radius 2 is 2.05 bits per heavy atom. The van der Waals surface area contributed by atoms with Gasteiger partial charge in [0.05, 0.1) is 0 Å². The normalized spacial score (nSPS) is 13.0. The Morgan fingerprint density at radius 1 is 1.20 bits per heavy atom. The average molecular weight is 269 g/mol. The van der Waals surface area contributed by atoms with Gasteiger partial charge in [0.1, 0.15) is 5.56 Å². The second-order valence-electron chi connectivity index (χ2n) is 4.81. The standard InChI is InChI=1S/C15H15N3O2/c19-14-3-4-16-9-13(14)15(20)18-6-10-1-2-11-7-17-8-12(11)5-10/h1-5,9,17H,6-8H2,(H,16,19)(H,18,20). The Kier molecular flexibility index (Phi) is 3.35. The third-order valence-corrected chi connectivity index (χ3v) is 3.42. The predicted molar refractivity (Wildman–Crippen MR) is 75.2 cm³/mol. The number of carbonyl (C=O) groups excluding carboxylic acids is 1. The van der Waals surface area contributed by atoms with Gasteiger partial charge in [-0.1, -0.05) is 18.2 Å². The van der Waals surface area contributed by atoms with E-state index in [0.717, 1.165) is 18.7 Å². The van der Waals surface area contributed by atoms with Crippen LogP contribution in [-0.2, 0) is 19.6 Å². The van der Waals surface area contributed by atoms with Gasteiger partial charge in [0.15, 0.2) is 5.43 Å². The minimum atomic E-state index is -0.356. The summed E-state index contributed by atoms with van der Waals surface area (Å²) in [5.74, 6) is -0.356. The summed E-state index contributed by atoms with van der Waals surface area (Å²) >= 11 is 0. The molecule has 0 saturated heterocycles. The van der Waals surface area contributed by atoms with Crippen molar-refractivity contribution in [3.63, 3.8) is 0 Å². The van der Waals surface area contributed by atoms with Crippen LogP contribution in [0.15, 0.2) is 41.5 Å². The molecule has 5 heteroatoms. The monoisotopic (exact) mass is 269 g/mol. The number of rotatable bonds is 3. The largest absolute Gasteiger partial charge is 0.367 e. The zero-order valence-corrected chi connectivity index (χ0v) is 10.9. The second kappa shape index (κ2) is 5.30. The molecule has 2 heterocycles. The summed E-state index contributed by atoms with van der Waals surface area (Å²) in [4.78, 5) is 26.2. The fourth-order valence-electron chi connectivity index (χ4n) is 2.33. The highest BCUT2D eigenvalue weighted by Crippen LogP contribution is 2.16. The van der Waals surface area contributed by atoms with E-state index in [1.54, 1.807) is 0 Å². The van der Waals surface area contributed by atoms with E-state index in [-0.39, 0.29) is 16.9 Å². The summed E-state index contributed by atoms with van der Waals surface area (Å²) in [6.07, 6.45) is 2.93. The number of amides is 1. The summed E-state index contributed by atoms with van der Waals surface area (Å²) in [5, 5.41) is 6.05. The van der Waals surface area contributed by atoms with Crippen LogP contribution in [0.4, 0.5) is 0 Å². The molecule has 0 spiro atoms. The van der Waals surface area contributed by atoms with E-state index in [9.17, 15) is 9.59 Å². The second-order valence-corrected chi connectivity index (χ2v) is 4.81. The van der Waals surface area contributed by atoms with Crippen LogP contribution in [0.2, 0.25) is 0 Å². The summed E-state index contributed by atoms with van der Waals surface area (Å²) in [6, 6.07) is 7.51. The predicted octanol–water partition coefficient (Wildman–Crippen LogP) is 0.908. The Labute approximate surface area is 116 Å². The van der Waals surface area contributed by atoms with E-state index < -0.39 is 0 Å². The Hall–Kier alpha value is -2.40. The third kappa shape index (κ3) is 2.48. The molecule has 0 unspecified atom stereocenters. The van der Waals surface area contributed by atoms with Gasteiger partial charge in [-0.25, -0.2) is 0 Å². The first kappa shape index (κ1) is 12.6. The molecule has 3 N–H and O–H groups in total. The van der Waals surface area contributed by atoms with Gasteiger partial charge in [-0.3, -0.25) is 9.59 Å². The number of aromatic nitrogens is 1. The van der Waals surface area contributed by atoms with Gasteiger partial charge in [-0.05, 0) is 16.7 Å². The van der Waals surface area contributed by atoms with E-state index in [1.165, 1.54) is 29.6 Å². The maximum atomic E-state index is 11.9. The molecular weight excluding hydrogens is 254 g/mol. The van der Waals surface area contributed by atoms with Gasteiger partial charge in [0, 0.05) is 38.1 Å². The first-order chi connectivity index (χ1) is 9.74. The first-order valence-electron chi connectivity index (χ1n) is 6.51. The van der Waals surface area contributed by atoms with E-state index in [2.05, 4.69) is 27.8 Å². The highest BCUT2D eigenvalue weighted by atomic mass is 16.2. The SMILES string of the molecule is O=C(NCc1ccc2c(c1)CNC2)c1c[nH]ccc1=O. The quantitative estimate of drug-likeness (QED) is 0.775. The van der Waals surface area contributed by atoms with E-state index >= 15 is 0 Å². The topological polar surface area (TPSA) is 74.0 Å². The van der Waals surface area contributed by atoms with Crippen LogP contribution in [0.25, 0.3) is 0 Å². The van der Waals surface area contributed by atoms with Crippen LogP contribution < -0.4 is 16.1 Å². The van der Waals surface area contributed by atoms with E-state index in [4.69, 9.17) is 0 Å². The van der Waals surface area contributed by atoms with Crippen molar-refractivity contribution in [3.8, 4) is 0 Å². The number of nitrogens with one attached hydrogen (secondary N) is 3. The van der Waals surface area contributed by atoms with E-state index in [0.29, 0.717) is 6.54 Å². The van der Waals surface area contributed by atoms with Crippen LogP contribution in [-0.4, -0.2) is 10.9 Å². The Bertz CT molecular complexity index is 706. The molecule has 1 aromatic heterocycles. The summed E-state index contributed by atoms with van der Waals surface area (Å²) < 4.78 is 0. The molecule has 102 valence electrons. The molecule has 0 saturated carbocycles. The maximum absolute atomic E-state index is 11.9. The minimum absolute atomic E-state index is 0.135. The molecule has 1 aliphatic rings. The minimum Gasteiger partial charge on any atom is -0.367 e. The van der Waals surface area contributed by atoms with Crippen molar-refractivity contribution in [2.75, 3.05) is 0 Å². The molecule has 0 bridgehead atoms. The highest BCUT2D eigenvalue weighted by molar-refractivity contribution is 5.93. The fraction of sp³-hybridized carbons (Fsp3) is 0.200. The van der Waals surface area contributed by atoms with Crippen LogP contribution in [0.5, 0.6) is 0 Å². The molecule has 2 aromatic rings. The van der Waals surface area contributed by atoms with Gasteiger partial charge in [0.2, 0.25) is 0 Å². The fourth-order valence-corrected chi connectivity index (χ4v) is 2.33. The highest BCUT2D eigenvalue weighted by Gasteiger charge is 2.12. The van der Waals surface area contributed by atoms with Gasteiger partial charge in [-0.2, -0.15) is 0 Å². The van der Waals surface area contributed by atoms with Crippen LogP contribution in [0.1, 0.15) is 27.0 Å². The van der Waals surface area contributed by atoms with Crippen LogP contribution in [0, 0.1) is 0 Å². The van der Waals surface area contributed by atoms with Gasteiger partial charge in [0.25, 0.3) is 5.91 Å². The zero-order chi connectivity index (χ0) is 13.9. The van der Waals surface area contributed by atoms with Crippen molar-refractivity contribution in [1.29, 1.82) is 0 Å². The van der Waals surface area contributed by atoms with Crippen molar-refractivity contribution < 1.29 is 4.79 Å². The molecule has 0 aliphatic carbocycles. The zero-order valence-electron chi connectivity index (χ0n) is 10.9. The van der Waals surface area contributed by atoms with Crippen LogP contribution >= 0.6 is 0 Å². The average Bonchev–Trinajstić information content (AvgIpc) is 2.92. The summed E-state index contributed by atoms with van der Waals surface area (Å²) in [5.41, 5.74) is 3.47. The lowest BCUT2D eigenvalue weighted by molar-refractivity contribution is 0.0949. The third-order valence-electron chi connectivity index (χ3n) is 3.42. The molecular formula is C15H15N3O2. The lowest BCUT2D eigenvalue weighted by Gasteiger charge is -2.06. The number of fused-ring (bicyclic) bond motifs is 1. The lowest BCUT2D eigenvalue weighted by Crippen LogP contribution is -2.28. The lowest BCUT2D eigenvalue weighted by atomic mass is 10.1. The van der Waals surface area contributed by atoms with Crippen molar-refractivity contribution >= 4 is 5.91 Å². The van der Waals surface area contributed by atoms with Crippen molar-refractivity contribution in [3.05, 3.63) is 69.1 Å². The van der Waals surface area contributed by atoms with Crippen molar-refractivity contribution in [1.82, 2.24) is 15.6 Å². The van der Waals surface area contributed by atoms with Gasteiger partial charge >= 0.3 is 0 Å². The Morgan fingerprint density at radius 3 is 2.90 bits per heavy atom. The smallest absolute Gasteiger partial charge is 0.257 e. The molecule has 0 fully saturated rings. The van der Waals surface area contributed by atoms with Crippen molar-refractivity contribution in [2.45, 2.75) is 19.6 Å². The molecule has 0 atom stereocenters. The number of carbonyl (C=O) groups is 1. The number of hydrogen-bond donors (Lipinski definition) is 3. The molecule has 5 nitrogen and oxygen atoms in total. The first-order valence-corrected chi connectivity index (χ1v) is 6.51. The number of aromatic amines is 1. The summed E-state index contributed by atoms with van der Waals surface area (Å²) in [7, 11) is 0. The molecule has 20 heavy (non-hydrogen) atoms. The Balaban J connectivity index is 1.69. The molecule has 0 radical (unpaired) electrons. The molecule has 3 rings (SSSR count). The number of pyridine rings is 1. The molecule has 1 aromatic carbocycles. The number of hydrogen-bond acceptors (Lipinski definition) is 3. The van der Waals surface area contributed by atoms with Gasteiger partial charge in [-0.15, -0.1) is 0 Å². The van der Waals surface area contributed by atoms with Gasteiger partial charge < -0.3 is 15.6 Å². The van der Waals surface area contributed by atoms with Crippen LogP contribution in [0.3, 0.4) is 0 Å². The summed E-state index contributed by atoms with van der Waals surface area (Å²) in [6.45, 7) is 2.19. The molecule has 1 aliphatic heterocycles. The number of H-pyrrole nitrogens is 1. The number of benzene rings is 1. The molecule has 1 amide bonds. The van der Waals surface area contributed by atoms with Crippen molar-refractivity contribution in [2.24, 2.45) is 0 Å². The van der Waals surface area contributed by atoms with E-state index in [1.807, 2.05) is 6.07 Å². The maximum Gasteiger partial charge on any atom is 0.257 e.